The lowest BCUT2D eigenvalue weighted by Crippen LogP contribution is -2.35. The number of nitrogens with zero attached hydrogens (tertiary/aromatic N) is 1. The van der Waals surface area contributed by atoms with E-state index in [4.69, 9.17) is 0 Å². The molecule has 1 saturated heterocycles. The van der Waals surface area contributed by atoms with E-state index >= 15 is 0 Å². The Morgan fingerprint density at radius 3 is 2.92 bits per heavy atom. The van der Waals surface area contributed by atoms with E-state index < -0.39 is 0 Å². The van der Waals surface area contributed by atoms with Crippen molar-refractivity contribution < 1.29 is 0 Å². The van der Waals surface area contributed by atoms with Crippen molar-refractivity contribution in [3.05, 3.63) is 12.7 Å². The highest BCUT2D eigenvalue weighted by Gasteiger charge is 2.22. The molecular weight excluding hydrogens is 148 g/mol. The first-order chi connectivity index (χ1) is 5.74. The minimum Gasteiger partial charge on any atom is -0.309 e. The lowest BCUT2D eigenvalue weighted by molar-refractivity contribution is 0.269. The molecule has 2 heteroatoms. The van der Waals surface area contributed by atoms with Crippen molar-refractivity contribution in [2.24, 2.45) is 0 Å². The van der Waals surface area contributed by atoms with Crippen molar-refractivity contribution in [2.75, 3.05) is 19.6 Å². The smallest absolute Gasteiger partial charge is 0.0210 e. The third kappa shape index (κ3) is 2.61. The van der Waals surface area contributed by atoms with Crippen LogP contribution in [0.4, 0.5) is 0 Å². The Hall–Kier alpha value is -0.340. The predicted octanol–water partition coefficient (Wildman–Crippen LogP) is 1.24. The zero-order valence-corrected chi connectivity index (χ0v) is 8.21. The minimum atomic E-state index is 0.686. The van der Waals surface area contributed by atoms with Gasteiger partial charge in [0.1, 0.15) is 0 Å². The van der Waals surface area contributed by atoms with Crippen LogP contribution in [-0.4, -0.2) is 36.6 Å². The van der Waals surface area contributed by atoms with E-state index in [1.165, 1.54) is 19.5 Å². The molecule has 0 aromatic carbocycles. The van der Waals surface area contributed by atoms with Crippen molar-refractivity contribution in [1.82, 2.24) is 10.2 Å². The van der Waals surface area contributed by atoms with Crippen LogP contribution < -0.4 is 5.32 Å². The summed E-state index contributed by atoms with van der Waals surface area (Å²) in [5.74, 6) is 0. The average molecular weight is 168 g/mol. The molecule has 2 nitrogen and oxygen atoms in total. The highest BCUT2D eigenvalue weighted by molar-refractivity contribution is 4.84. The van der Waals surface area contributed by atoms with E-state index in [9.17, 15) is 0 Å². The van der Waals surface area contributed by atoms with E-state index in [-0.39, 0.29) is 0 Å². The fourth-order valence-electron chi connectivity index (χ4n) is 1.67. The molecule has 1 rings (SSSR count). The van der Waals surface area contributed by atoms with Crippen LogP contribution in [0.25, 0.3) is 0 Å². The van der Waals surface area contributed by atoms with Gasteiger partial charge in [-0.25, -0.2) is 0 Å². The summed E-state index contributed by atoms with van der Waals surface area (Å²) in [5, 5.41) is 3.46. The molecule has 1 N–H and O–H groups in total. The summed E-state index contributed by atoms with van der Waals surface area (Å²) in [5.41, 5.74) is 0. The van der Waals surface area contributed by atoms with Gasteiger partial charge in [0.15, 0.2) is 0 Å². The maximum Gasteiger partial charge on any atom is 0.0210 e. The van der Waals surface area contributed by atoms with Crippen molar-refractivity contribution in [2.45, 2.75) is 32.4 Å². The lowest BCUT2D eigenvalue weighted by atomic mass is 10.2. The summed E-state index contributed by atoms with van der Waals surface area (Å²) >= 11 is 0. The monoisotopic (exact) mass is 168 g/mol. The van der Waals surface area contributed by atoms with Gasteiger partial charge < -0.3 is 5.32 Å². The number of hydrogen-bond acceptors (Lipinski definition) is 2. The van der Waals surface area contributed by atoms with E-state index in [1.807, 2.05) is 6.08 Å². The third-order valence-corrected chi connectivity index (χ3v) is 2.50. The Kier molecular flexibility index (Phi) is 3.76. The molecule has 12 heavy (non-hydrogen) atoms. The van der Waals surface area contributed by atoms with Crippen LogP contribution >= 0.6 is 0 Å². The van der Waals surface area contributed by atoms with E-state index in [0.29, 0.717) is 12.1 Å². The fourth-order valence-corrected chi connectivity index (χ4v) is 1.67. The summed E-state index contributed by atoms with van der Waals surface area (Å²) in [6.07, 6.45) is 3.21. The van der Waals surface area contributed by atoms with Gasteiger partial charge in [0.25, 0.3) is 0 Å². The van der Waals surface area contributed by atoms with Gasteiger partial charge in [0, 0.05) is 25.2 Å². The van der Waals surface area contributed by atoms with Gasteiger partial charge in [0.05, 0.1) is 0 Å². The fraction of sp³-hybridized carbons (Fsp3) is 0.800. The second-order valence-corrected chi connectivity index (χ2v) is 3.77. The summed E-state index contributed by atoms with van der Waals surface area (Å²) in [6.45, 7) is 11.6. The van der Waals surface area contributed by atoms with Crippen LogP contribution in [0.3, 0.4) is 0 Å². The Labute approximate surface area is 75.6 Å². The van der Waals surface area contributed by atoms with Crippen LogP contribution in [0.2, 0.25) is 0 Å². The Bertz CT molecular complexity index is 143. The van der Waals surface area contributed by atoms with E-state index in [1.54, 1.807) is 0 Å². The first-order valence-electron chi connectivity index (χ1n) is 4.82. The molecule has 1 aliphatic rings. The Balaban J connectivity index is 2.21. The second kappa shape index (κ2) is 4.63. The number of likely N-dealkylation sites (tertiary alicyclic amines) is 1. The Morgan fingerprint density at radius 1 is 1.67 bits per heavy atom. The maximum absolute atomic E-state index is 3.70. The molecule has 0 radical (unpaired) electrons. The number of nitrogens with one attached hydrogen (secondary N) is 1. The molecule has 0 aromatic rings. The largest absolute Gasteiger partial charge is 0.309 e. The first-order valence-corrected chi connectivity index (χ1v) is 4.82. The summed E-state index contributed by atoms with van der Waals surface area (Å²) in [6, 6.07) is 1.38. The maximum atomic E-state index is 3.70. The van der Waals surface area contributed by atoms with Gasteiger partial charge in [0.2, 0.25) is 0 Å². The quantitative estimate of drug-likeness (QED) is 0.635. The third-order valence-electron chi connectivity index (χ3n) is 2.50. The van der Waals surface area contributed by atoms with Crippen molar-refractivity contribution in [3.8, 4) is 0 Å². The molecule has 1 aliphatic heterocycles. The van der Waals surface area contributed by atoms with E-state index in [2.05, 4.69) is 30.6 Å². The van der Waals surface area contributed by atoms with Gasteiger partial charge in [-0.05, 0) is 26.8 Å². The lowest BCUT2D eigenvalue weighted by Gasteiger charge is -2.20. The van der Waals surface area contributed by atoms with Crippen molar-refractivity contribution >= 4 is 0 Å². The molecule has 0 saturated carbocycles. The zero-order valence-electron chi connectivity index (χ0n) is 8.21. The van der Waals surface area contributed by atoms with Crippen LogP contribution in [0.1, 0.15) is 20.3 Å². The van der Waals surface area contributed by atoms with Gasteiger partial charge >= 0.3 is 0 Å². The Morgan fingerprint density at radius 2 is 2.42 bits per heavy atom. The summed E-state index contributed by atoms with van der Waals surface area (Å²) in [7, 11) is 0. The molecule has 0 aliphatic carbocycles. The highest BCUT2D eigenvalue weighted by atomic mass is 15.2. The van der Waals surface area contributed by atoms with Gasteiger partial charge in [-0.2, -0.15) is 0 Å². The van der Waals surface area contributed by atoms with Crippen molar-refractivity contribution in [1.29, 1.82) is 0 Å². The standard InChI is InChI=1S/C10H20N2/c1-4-6-11-10-5-7-12(8-10)9(2)3/h4,9-11H,1,5-8H2,2-3H3/t10-/m0/s1. The van der Waals surface area contributed by atoms with Crippen LogP contribution in [-0.2, 0) is 0 Å². The molecule has 1 heterocycles. The van der Waals surface area contributed by atoms with Crippen LogP contribution in [0.5, 0.6) is 0 Å². The van der Waals surface area contributed by atoms with Gasteiger partial charge in [-0.1, -0.05) is 6.08 Å². The molecule has 70 valence electrons. The van der Waals surface area contributed by atoms with Gasteiger partial charge in [-0.3, -0.25) is 4.90 Å². The average Bonchev–Trinajstić information content (AvgIpc) is 2.48. The van der Waals surface area contributed by atoms with E-state index in [0.717, 1.165) is 6.54 Å². The highest BCUT2D eigenvalue weighted by Crippen LogP contribution is 2.11. The normalized spacial score (nSPS) is 25.1. The SMILES string of the molecule is C=CCN[C@H]1CCN(C(C)C)C1. The number of rotatable bonds is 4. The zero-order chi connectivity index (χ0) is 8.97. The molecule has 0 bridgehead atoms. The molecule has 0 aromatic heterocycles. The predicted molar refractivity (Wildman–Crippen MR) is 53.3 cm³/mol. The molecule has 1 atom stereocenters. The first kappa shape index (κ1) is 9.75. The van der Waals surface area contributed by atoms with Crippen LogP contribution in [0.15, 0.2) is 12.7 Å². The van der Waals surface area contributed by atoms with Gasteiger partial charge in [-0.15, -0.1) is 6.58 Å². The van der Waals surface area contributed by atoms with Crippen LogP contribution in [0, 0.1) is 0 Å². The minimum absolute atomic E-state index is 0.686. The molecule has 0 amide bonds. The topological polar surface area (TPSA) is 15.3 Å². The molecule has 0 spiro atoms. The summed E-state index contributed by atoms with van der Waals surface area (Å²) < 4.78 is 0. The number of hydrogen-bond donors (Lipinski definition) is 1. The molecule has 1 fully saturated rings. The summed E-state index contributed by atoms with van der Waals surface area (Å²) in [4.78, 5) is 2.51. The second-order valence-electron chi connectivity index (χ2n) is 3.77. The van der Waals surface area contributed by atoms with Crippen molar-refractivity contribution in [3.63, 3.8) is 0 Å². The molecular formula is C10H20N2. The molecule has 0 unspecified atom stereocenters.